The Kier molecular flexibility index (Phi) is 5.19. The van der Waals surface area contributed by atoms with Crippen LogP contribution in [0, 0.1) is 10.1 Å². The number of amides is 1. The molecule has 1 aliphatic rings. The predicted octanol–water partition coefficient (Wildman–Crippen LogP) is 3.75. The topological polar surface area (TPSA) is 112 Å². The fourth-order valence-corrected chi connectivity index (χ4v) is 3.36. The lowest BCUT2D eigenvalue weighted by molar-refractivity contribution is -0.384. The Labute approximate surface area is 166 Å². The first-order chi connectivity index (χ1) is 14.1. The Hall–Kier alpha value is -3.75. The van der Waals surface area contributed by atoms with Crippen LogP contribution in [0.3, 0.4) is 0 Å². The van der Waals surface area contributed by atoms with Gasteiger partial charge in [0.1, 0.15) is 24.1 Å². The largest absolute Gasteiger partial charge is 0.490 e. The molecular weight excluding hydrogens is 374 g/mol. The maximum atomic E-state index is 12.6. The summed E-state index contributed by atoms with van der Waals surface area (Å²) in [6.45, 7) is 0. The molecule has 9 heteroatoms. The summed E-state index contributed by atoms with van der Waals surface area (Å²) in [5, 5.41) is 18.1. The number of carbonyl (C=O) groups is 1. The van der Waals surface area contributed by atoms with Gasteiger partial charge < -0.3 is 10.1 Å². The van der Waals surface area contributed by atoms with E-state index >= 15 is 0 Å². The number of rotatable bonds is 6. The maximum absolute atomic E-state index is 12.6. The molecule has 0 atom stereocenters. The quantitative estimate of drug-likeness (QED) is 0.504. The molecule has 1 N–H and O–H groups in total. The number of aromatic nitrogens is 3. The first-order valence-corrected chi connectivity index (χ1v) is 9.32. The summed E-state index contributed by atoms with van der Waals surface area (Å²) in [5.41, 5.74) is 0.754. The van der Waals surface area contributed by atoms with Crippen LogP contribution in [0.4, 0.5) is 11.4 Å². The highest BCUT2D eigenvalue weighted by atomic mass is 16.6. The molecule has 1 heterocycles. The van der Waals surface area contributed by atoms with Crippen LogP contribution < -0.4 is 10.1 Å². The van der Waals surface area contributed by atoms with Crippen LogP contribution in [0.2, 0.25) is 0 Å². The Morgan fingerprint density at radius 3 is 2.59 bits per heavy atom. The number of ether oxygens (including phenoxy) is 1. The second kappa shape index (κ2) is 8.09. The molecule has 0 radical (unpaired) electrons. The van der Waals surface area contributed by atoms with Gasteiger partial charge in [-0.15, -0.1) is 0 Å². The molecule has 2 aromatic carbocycles. The van der Waals surface area contributed by atoms with E-state index in [1.165, 1.54) is 48.4 Å². The standard InChI is InChI=1S/C20H19N5O4/c26-20(23-15-6-8-17(9-7-15)29-16-3-1-2-4-16)14-5-10-18(19(11-14)25(27)28)24-13-21-12-22-24/h5-13,16H,1-4H2,(H,23,26). The van der Waals surface area contributed by atoms with Gasteiger partial charge in [0.15, 0.2) is 0 Å². The molecule has 1 saturated carbocycles. The smallest absolute Gasteiger partial charge is 0.295 e. The van der Waals surface area contributed by atoms with E-state index in [0.717, 1.165) is 18.6 Å². The summed E-state index contributed by atoms with van der Waals surface area (Å²) in [6, 6.07) is 11.3. The lowest BCUT2D eigenvalue weighted by Gasteiger charge is -2.13. The van der Waals surface area contributed by atoms with Crippen LogP contribution >= 0.6 is 0 Å². The monoisotopic (exact) mass is 393 g/mol. The van der Waals surface area contributed by atoms with Gasteiger partial charge in [-0.2, -0.15) is 5.10 Å². The number of nitrogens with zero attached hydrogens (tertiary/aromatic N) is 4. The normalized spacial score (nSPS) is 13.9. The van der Waals surface area contributed by atoms with Crippen molar-refractivity contribution in [2.24, 2.45) is 0 Å². The van der Waals surface area contributed by atoms with Crippen LogP contribution in [0.25, 0.3) is 5.69 Å². The lowest BCUT2D eigenvalue weighted by Crippen LogP contribution is -2.13. The molecule has 0 unspecified atom stereocenters. The van der Waals surface area contributed by atoms with Gasteiger partial charge in [-0.25, -0.2) is 9.67 Å². The zero-order valence-electron chi connectivity index (χ0n) is 15.5. The highest BCUT2D eigenvalue weighted by Crippen LogP contribution is 2.26. The Morgan fingerprint density at radius 2 is 1.93 bits per heavy atom. The maximum Gasteiger partial charge on any atom is 0.295 e. The van der Waals surface area contributed by atoms with Crippen LogP contribution in [-0.2, 0) is 0 Å². The molecule has 1 aliphatic carbocycles. The van der Waals surface area contributed by atoms with Gasteiger partial charge >= 0.3 is 0 Å². The molecule has 3 aromatic rings. The number of anilines is 1. The van der Waals surface area contributed by atoms with Crippen molar-refractivity contribution in [3.05, 3.63) is 70.8 Å². The van der Waals surface area contributed by atoms with Crippen molar-refractivity contribution in [3.63, 3.8) is 0 Å². The van der Waals surface area contributed by atoms with Crippen molar-refractivity contribution in [2.45, 2.75) is 31.8 Å². The number of benzene rings is 2. The van der Waals surface area contributed by atoms with E-state index in [4.69, 9.17) is 4.74 Å². The zero-order chi connectivity index (χ0) is 20.2. The van der Waals surface area contributed by atoms with E-state index in [9.17, 15) is 14.9 Å². The van der Waals surface area contributed by atoms with Crippen LogP contribution in [-0.4, -0.2) is 31.7 Å². The van der Waals surface area contributed by atoms with E-state index in [0.29, 0.717) is 5.69 Å². The molecular formula is C20H19N5O4. The highest BCUT2D eigenvalue weighted by Gasteiger charge is 2.20. The zero-order valence-corrected chi connectivity index (χ0v) is 15.5. The summed E-state index contributed by atoms with van der Waals surface area (Å²) < 4.78 is 7.19. The predicted molar refractivity (Wildman–Crippen MR) is 105 cm³/mol. The van der Waals surface area contributed by atoms with Crippen molar-refractivity contribution < 1.29 is 14.5 Å². The van der Waals surface area contributed by atoms with Crippen molar-refractivity contribution in [1.82, 2.24) is 14.8 Å². The third-order valence-corrected chi connectivity index (χ3v) is 4.82. The van der Waals surface area contributed by atoms with Crippen molar-refractivity contribution >= 4 is 17.3 Å². The summed E-state index contributed by atoms with van der Waals surface area (Å²) in [5.74, 6) is 0.324. The Balaban J connectivity index is 1.48. The van der Waals surface area contributed by atoms with Crippen molar-refractivity contribution in [1.29, 1.82) is 0 Å². The first-order valence-electron chi connectivity index (χ1n) is 9.32. The molecule has 1 amide bonds. The number of hydrogen-bond donors (Lipinski definition) is 1. The summed E-state index contributed by atoms with van der Waals surface area (Å²) in [7, 11) is 0. The highest BCUT2D eigenvalue weighted by molar-refractivity contribution is 6.04. The fourth-order valence-electron chi connectivity index (χ4n) is 3.36. The van der Waals surface area contributed by atoms with Crippen LogP contribution in [0.5, 0.6) is 5.75 Å². The molecule has 0 aliphatic heterocycles. The minimum absolute atomic E-state index is 0.173. The molecule has 9 nitrogen and oxygen atoms in total. The molecule has 0 saturated heterocycles. The molecule has 0 bridgehead atoms. The number of hydrogen-bond acceptors (Lipinski definition) is 6. The van der Waals surface area contributed by atoms with Crippen molar-refractivity contribution in [3.8, 4) is 11.4 Å². The summed E-state index contributed by atoms with van der Waals surface area (Å²) >= 11 is 0. The van der Waals surface area contributed by atoms with Crippen LogP contribution in [0.1, 0.15) is 36.0 Å². The van der Waals surface area contributed by atoms with Gasteiger partial charge in [0.2, 0.25) is 0 Å². The van der Waals surface area contributed by atoms with Crippen molar-refractivity contribution in [2.75, 3.05) is 5.32 Å². The second-order valence-corrected chi connectivity index (χ2v) is 6.80. The minimum atomic E-state index is -0.553. The SMILES string of the molecule is O=C(Nc1ccc(OC2CCCC2)cc1)c1ccc(-n2cncn2)c([N+](=O)[O-])c1. The van der Waals surface area contributed by atoms with Gasteiger partial charge in [0.25, 0.3) is 11.6 Å². The average molecular weight is 393 g/mol. The van der Waals surface area contributed by atoms with E-state index in [1.807, 2.05) is 12.1 Å². The minimum Gasteiger partial charge on any atom is -0.490 e. The summed E-state index contributed by atoms with van der Waals surface area (Å²) in [4.78, 5) is 27.2. The molecule has 0 spiro atoms. The number of nitrogens with one attached hydrogen (secondary N) is 1. The van der Waals surface area contributed by atoms with E-state index in [-0.39, 0.29) is 23.0 Å². The van der Waals surface area contributed by atoms with E-state index in [2.05, 4.69) is 15.4 Å². The number of carbonyl (C=O) groups excluding carboxylic acids is 1. The first kappa shape index (κ1) is 18.6. The molecule has 1 fully saturated rings. The molecule has 29 heavy (non-hydrogen) atoms. The van der Waals surface area contributed by atoms with E-state index < -0.39 is 10.8 Å². The lowest BCUT2D eigenvalue weighted by atomic mass is 10.1. The number of nitro benzene ring substituents is 1. The molecule has 148 valence electrons. The third-order valence-electron chi connectivity index (χ3n) is 4.82. The number of nitro groups is 1. The van der Waals surface area contributed by atoms with Gasteiger partial charge in [-0.3, -0.25) is 14.9 Å². The van der Waals surface area contributed by atoms with Gasteiger partial charge in [0.05, 0.1) is 11.0 Å². The van der Waals surface area contributed by atoms with Gasteiger partial charge in [0, 0.05) is 17.3 Å². The average Bonchev–Trinajstić information content (AvgIpc) is 3.43. The van der Waals surface area contributed by atoms with Gasteiger partial charge in [-0.1, -0.05) is 0 Å². The fraction of sp³-hybridized carbons (Fsp3) is 0.250. The third kappa shape index (κ3) is 4.23. The Bertz CT molecular complexity index is 1010. The molecule has 4 rings (SSSR count). The summed E-state index contributed by atoms with van der Waals surface area (Å²) in [6.07, 6.45) is 7.44. The molecule has 1 aromatic heterocycles. The second-order valence-electron chi connectivity index (χ2n) is 6.80. The van der Waals surface area contributed by atoms with Crippen LogP contribution in [0.15, 0.2) is 55.1 Å². The van der Waals surface area contributed by atoms with E-state index in [1.54, 1.807) is 12.1 Å². The van der Waals surface area contributed by atoms with Gasteiger partial charge in [-0.05, 0) is 62.1 Å². The Morgan fingerprint density at radius 1 is 1.17 bits per heavy atom.